The summed E-state index contributed by atoms with van der Waals surface area (Å²) >= 11 is 0. The van der Waals surface area contributed by atoms with Gasteiger partial charge in [-0.2, -0.15) is 0 Å². The minimum atomic E-state index is -2.15. The first-order chi connectivity index (χ1) is 28.8. The predicted molar refractivity (Wildman–Crippen MR) is 188 cm³/mol. The summed E-state index contributed by atoms with van der Waals surface area (Å²) in [7, 11) is 0. The topological polar surface area (TPSA) is 424 Å². The zero-order chi connectivity index (χ0) is 45.2. The molecule has 5 aliphatic heterocycles. The molecule has 0 aromatic rings. The van der Waals surface area contributed by atoms with E-state index in [-0.39, 0.29) is 0 Å². The van der Waals surface area contributed by atoms with Crippen LogP contribution in [0.4, 0.5) is 0 Å². The third kappa shape index (κ3) is 10.8. The molecule has 5 fully saturated rings. The Morgan fingerprint density at radius 1 is 0.426 bits per heavy atom. The van der Waals surface area contributed by atoms with Gasteiger partial charge in [0.15, 0.2) is 31.5 Å². The molecule has 25 atom stereocenters. The molecule has 0 saturated carbocycles. The lowest BCUT2D eigenvalue weighted by atomic mass is 9.94. The van der Waals surface area contributed by atoms with E-state index in [0.717, 1.165) is 13.8 Å². The summed E-state index contributed by atoms with van der Waals surface area (Å²) in [6.07, 6.45) is -40.9. The van der Waals surface area contributed by atoms with Crippen molar-refractivity contribution in [2.75, 3.05) is 26.4 Å². The van der Waals surface area contributed by atoms with Crippen LogP contribution in [0.2, 0.25) is 0 Å². The summed E-state index contributed by atoms with van der Waals surface area (Å²) in [5.41, 5.74) is 0. The van der Waals surface area contributed by atoms with E-state index < -0.39 is 192 Å². The van der Waals surface area contributed by atoms with Gasteiger partial charge in [-0.3, -0.25) is 9.59 Å². The second-order valence-corrected chi connectivity index (χ2v) is 15.4. The highest BCUT2D eigenvalue weighted by molar-refractivity contribution is 5.73. The SMILES string of the molecule is CC(=O)N[C@@H]1[C@@H](O[C@@H]2O[C@@H](C)[C@@H](O)[C@@H](O)[C@@H]2O)[C@H](O[C@@H]2O[C@H](CO)[C@H](O)[C@H](O[C@@H]3O[C@H](CO)[C@@H](O[C@@H]4O[C@H](CO)[C@H](O)[C@H](O)[C@H]4O)[C@H](O)[C@H]3NC(C)=O)[C@H]2O)[C@@H](CO)O[C@H]1O. The maximum atomic E-state index is 12.4. The Hall–Kier alpha value is -1.98. The standard InChI is InChI=1S/C34H58N2O25/c1-8-17(43)21(47)23(49)32(53-8)60-28-16(36-10(3)42)30(52)54-14(7-40)27(28)59-34-25(51)29(19(45)12(5-38)56-34)61-31-15(35-9(2)41)20(46)26(13(6-39)57-31)58-33-24(50)22(48)18(44)11(4-37)55-33/h8,11-34,37-40,43-52H,4-7H2,1-3H3,(H,35,41)(H,36,42)/t8-,11+,12+,13+,14+,15+,16+,17+,18-,19-,20+,21+,22-,23-,24+,25+,26+,27+,28+,29-,30+,31-,32-,33-,34-/m0/s1. The highest BCUT2D eigenvalue weighted by Gasteiger charge is 2.57. The lowest BCUT2D eigenvalue weighted by molar-refractivity contribution is -0.385. The quantitative estimate of drug-likeness (QED) is 0.0770. The Morgan fingerprint density at radius 3 is 1.41 bits per heavy atom. The zero-order valence-electron chi connectivity index (χ0n) is 33.0. The minimum Gasteiger partial charge on any atom is -0.394 e. The fourth-order valence-electron chi connectivity index (χ4n) is 7.77. The van der Waals surface area contributed by atoms with Crippen LogP contribution in [0.1, 0.15) is 20.8 Å². The van der Waals surface area contributed by atoms with Crippen LogP contribution in [-0.2, 0) is 52.2 Å². The van der Waals surface area contributed by atoms with Crippen molar-refractivity contribution in [2.45, 2.75) is 174 Å². The number of ether oxygens (including phenoxy) is 9. The van der Waals surface area contributed by atoms with Gasteiger partial charge in [-0.15, -0.1) is 0 Å². The average Bonchev–Trinajstić information content (AvgIpc) is 3.22. The maximum Gasteiger partial charge on any atom is 0.217 e. The van der Waals surface area contributed by atoms with Crippen molar-refractivity contribution in [1.82, 2.24) is 10.6 Å². The number of amides is 2. The van der Waals surface area contributed by atoms with Crippen molar-refractivity contribution in [3.63, 3.8) is 0 Å². The second kappa shape index (κ2) is 21.3. The van der Waals surface area contributed by atoms with Crippen LogP contribution in [0.15, 0.2) is 0 Å². The van der Waals surface area contributed by atoms with Gasteiger partial charge in [-0.05, 0) is 6.92 Å². The van der Waals surface area contributed by atoms with Crippen LogP contribution in [0.5, 0.6) is 0 Å². The van der Waals surface area contributed by atoms with Gasteiger partial charge in [-0.25, -0.2) is 0 Å². The molecule has 5 heterocycles. The molecule has 0 spiro atoms. The van der Waals surface area contributed by atoms with E-state index >= 15 is 0 Å². The zero-order valence-corrected chi connectivity index (χ0v) is 33.0. The van der Waals surface area contributed by atoms with Gasteiger partial charge in [0.05, 0.1) is 32.5 Å². The maximum absolute atomic E-state index is 12.4. The first kappa shape index (κ1) is 50.0. The molecule has 0 aliphatic carbocycles. The number of nitrogens with one attached hydrogen (secondary N) is 2. The molecular formula is C34H58N2O25. The third-order valence-corrected chi connectivity index (χ3v) is 11.1. The smallest absolute Gasteiger partial charge is 0.217 e. The molecule has 5 saturated heterocycles. The van der Waals surface area contributed by atoms with Crippen molar-refractivity contribution in [3.8, 4) is 0 Å². The fraction of sp³-hybridized carbons (Fsp3) is 0.941. The van der Waals surface area contributed by atoms with Crippen LogP contribution < -0.4 is 10.6 Å². The third-order valence-electron chi connectivity index (χ3n) is 11.1. The van der Waals surface area contributed by atoms with Crippen molar-refractivity contribution in [2.24, 2.45) is 0 Å². The van der Waals surface area contributed by atoms with E-state index in [1.165, 1.54) is 6.92 Å². The Labute approximate surface area is 346 Å². The molecule has 0 unspecified atom stereocenters. The summed E-state index contributed by atoms with van der Waals surface area (Å²) in [6.45, 7) is -0.245. The molecule has 2 amide bonds. The minimum absolute atomic E-state index is 0.743. The van der Waals surface area contributed by atoms with Gasteiger partial charge in [0.25, 0.3) is 0 Å². The summed E-state index contributed by atoms with van der Waals surface area (Å²) in [5, 5.41) is 153. The molecule has 27 nitrogen and oxygen atoms in total. The van der Waals surface area contributed by atoms with E-state index in [9.17, 15) is 81.1 Å². The normalized spacial score (nSPS) is 49.6. The monoisotopic (exact) mass is 894 g/mol. The molecule has 5 aliphatic rings. The van der Waals surface area contributed by atoms with Crippen molar-refractivity contribution >= 4 is 11.8 Å². The Kier molecular flexibility index (Phi) is 17.5. The van der Waals surface area contributed by atoms with Gasteiger partial charge in [0.1, 0.15) is 116 Å². The number of hydrogen-bond acceptors (Lipinski definition) is 25. The van der Waals surface area contributed by atoms with Gasteiger partial charge in [0.2, 0.25) is 11.8 Å². The van der Waals surface area contributed by atoms with Crippen LogP contribution in [0.3, 0.4) is 0 Å². The van der Waals surface area contributed by atoms with Crippen LogP contribution in [-0.4, -0.2) is 263 Å². The number of carbonyl (C=O) groups excluding carboxylic acids is 2. The Morgan fingerprint density at radius 2 is 0.852 bits per heavy atom. The molecule has 61 heavy (non-hydrogen) atoms. The van der Waals surface area contributed by atoms with E-state index in [4.69, 9.17) is 42.6 Å². The largest absolute Gasteiger partial charge is 0.394 e. The molecule has 16 N–H and O–H groups in total. The number of aliphatic hydroxyl groups is 14. The van der Waals surface area contributed by atoms with E-state index in [1.807, 2.05) is 0 Å². The average molecular weight is 895 g/mol. The van der Waals surface area contributed by atoms with Crippen LogP contribution in [0.25, 0.3) is 0 Å². The van der Waals surface area contributed by atoms with E-state index in [2.05, 4.69) is 10.6 Å². The molecule has 0 radical (unpaired) electrons. The summed E-state index contributed by atoms with van der Waals surface area (Å²) < 4.78 is 51.6. The van der Waals surface area contributed by atoms with Gasteiger partial charge >= 0.3 is 0 Å². The number of carbonyl (C=O) groups is 2. The first-order valence-corrected chi connectivity index (χ1v) is 19.5. The van der Waals surface area contributed by atoms with Crippen LogP contribution in [0, 0.1) is 0 Å². The molecule has 0 bridgehead atoms. The van der Waals surface area contributed by atoms with Crippen molar-refractivity contribution < 1.29 is 124 Å². The first-order valence-electron chi connectivity index (χ1n) is 19.5. The molecule has 27 heteroatoms. The molecule has 0 aromatic heterocycles. The second-order valence-electron chi connectivity index (χ2n) is 15.4. The van der Waals surface area contributed by atoms with Gasteiger partial charge in [-0.1, -0.05) is 0 Å². The number of aliphatic hydroxyl groups excluding tert-OH is 14. The van der Waals surface area contributed by atoms with Crippen molar-refractivity contribution in [1.29, 1.82) is 0 Å². The number of hydrogen-bond donors (Lipinski definition) is 16. The Balaban J connectivity index is 1.42. The number of rotatable bonds is 14. The fourth-order valence-corrected chi connectivity index (χ4v) is 7.77. The molecule has 0 aromatic carbocycles. The van der Waals surface area contributed by atoms with Crippen LogP contribution >= 0.6 is 0 Å². The molecule has 5 rings (SSSR count). The lowest BCUT2D eigenvalue weighted by Gasteiger charge is -2.51. The van der Waals surface area contributed by atoms with Crippen molar-refractivity contribution in [3.05, 3.63) is 0 Å². The highest BCUT2D eigenvalue weighted by Crippen LogP contribution is 2.36. The highest BCUT2D eigenvalue weighted by atomic mass is 16.8. The van der Waals surface area contributed by atoms with E-state index in [0.29, 0.717) is 0 Å². The molecular weight excluding hydrogens is 836 g/mol. The predicted octanol–water partition coefficient (Wildman–Crippen LogP) is -10.6. The van der Waals surface area contributed by atoms with Gasteiger partial charge in [0, 0.05) is 13.8 Å². The van der Waals surface area contributed by atoms with E-state index in [1.54, 1.807) is 0 Å². The molecule has 354 valence electrons. The van der Waals surface area contributed by atoms with Gasteiger partial charge < -0.3 is 125 Å². The Bertz CT molecular complexity index is 1420. The summed E-state index contributed by atoms with van der Waals surface area (Å²) in [5.74, 6) is -1.54. The lowest BCUT2D eigenvalue weighted by Crippen LogP contribution is -2.70. The summed E-state index contributed by atoms with van der Waals surface area (Å²) in [4.78, 5) is 24.7. The summed E-state index contributed by atoms with van der Waals surface area (Å²) in [6, 6.07) is -3.28.